The van der Waals surface area contributed by atoms with Gasteiger partial charge in [0.15, 0.2) is 0 Å². The van der Waals surface area contributed by atoms with Crippen molar-refractivity contribution in [2.45, 2.75) is 32.5 Å². The second kappa shape index (κ2) is 7.99. The fraction of sp³-hybridized carbons (Fsp3) is 0.278. The number of benzene rings is 2. The van der Waals surface area contributed by atoms with Gasteiger partial charge in [-0.15, -0.1) is 0 Å². The van der Waals surface area contributed by atoms with Crippen LogP contribution < -0.4 is 15.8 Å². The molecule has 0 heterocycles. The van der Waals surface area contributed by atoms with E-state index in [1.165, 1.54) is 0 Å². The first-order valence-electron chi connectivity index (χ1n) is 7.49. The number of primary amides is 1. The number of nitrogens with one attached hydrogen (secondary N) is 1. The summed E-state index contributed by atoms with van der Waals surface area (Å²) in [6, 6.07) is 14.8. The minimum Gasteiger partial charge on any atom is -0.489 e. The Morgan fingerprint density at radius 3 is 2.65 bits per heavy atom. The van der Waals surface area contributed by atoms with Crippen molar-refractivity contribution in [2.75, 3.05) is 0 Å². The maximum absolute atomic E-state index is 11.2. The standard InChI is InChI=1S/C18H21ClN2O2/c1-12(21-13(2)18(20)22)16-8-3-4-9-17(16)23-11-14-6-5-7-15(19)10-14/h3-10,12-13,21H,11H2,1-2H3,(H2,20,22). The third kappa shape index (κ3) is 4.98. The van der Waals surface area contributed by atoms with E-state index in [0.717, 1.165) is 16.9 Å². The third-order valence-electron chi connectivity index (χ3n) is 3.60. The highest BCUT2D eigenvalue weighted by Gasteiger charge is 2.16. The van der Waals surface area contributed by atoms with E-state index in [1.807, 2.05) is 55.5 Å². The molecule has 2 rings (SSSR count). The Hall–Kier alpha value is -2.04. The Morgan fingerprint density at radius 1 is 1.22 bits per heavy atom. The zero-order valence-electron chi connectivity index (χ0n) is 13.3. The fourth-order valence-electron chi connectivity index (χ4n) is 2.30. The number of ether oxygens (including phenoxy) is 1. The van der Waals surface area contributed by atoms with Crippen LogP contribution in [0, 0.1) is 0 Å². The zero-order chi connectivity index (χ0) is 16.8. The van der Waals surface area contributed by atoms with E-state index in [4.69, 9.17) is 22.1 Å². The van der Waals surface area contributed by atoms with E-state index >= 15 is 0 Å². The molecular weight excluding hydrogens is 312 g/mol. The number of hydrogen-bond acceptors (Lipinski definition) is 3. The number of amides is 1. The van der Waals surface area contributed by atoms with Gasteiger partial charge < -0.3 is 10.5 Å². The Kier molecular flexibility index (Phi) is 6.02. The monoisotopic (exact) mass is 332 g/mol. The molecule has 0 fully saturated rings. The van der Waals surface area contributed by atoms with Gasteiger partial charge in [-0.1, -0.05) is 41.9 Å². The molecule has 2 atom stereocenters. The maximum atomic E-state index is 11.2. The molecule has 0 spiro atoms. The van der Waals surface area contributed by atoms with Gasteiger partial charge in [0.1, 0.15) is 12.4 Å². The lowest BCUT2D eigenvalue weighted by Crippen LogP contribution is -2.40. The van der Waals surface area contributed by atoms with Gasteiger partial charge in [0.05, 0.1) is 6.04 Å². The second-order valence-corrected chi connectivity index (χ2v) is 5.91. The summed E-state index contributed by atoms with van der Waals surface area (Å²) in [5.74, 6) is 0.387. The minimum absolute atomic E-state index is 0.0620. The van der Waals surface area contributed by atoms with Crippen molar-refractivity contribution in [3.8, 4) is 5.75 Å². The predicted octanol–water partition coefficient (Wildman–Crippen LogP) is 3.44. The second-order valence-electron chi connectivity index (χ2n) is 5.47. The maximum Gasteiger partial charge on any atom is 0.234 e. The van der Waals surface area contributed by atoms with E-state index in [0.29, 0.717) is 11.6 Å². The topological polar surface area (TPSA) is 64.3 Å². The van der Waals surface area contributed by atoms with Crippen LogP contribution in [0.1, 0.15) is 31.0 Å². The van der Waals surface area contributed by atoms with Gasteiger partial charge in [-0.25, -0.2) is 0 Å². The molecule has 122 valence electrons. The molecule has 0 aromatic heterocycles. The number of carbonyl (C=O) groups is 1. The summed E-state index contributed by atoms with van der Waals surface area (Å²) in [7, 11) is 0. The summed E-state index contributed by atoms with van der Waals surface area (Å²) in [5, 5.41) is 3.85. The lowest BCUT2D eigenvalue weighted by Gasteiger charge is -2.21. The molecule has 0 aliphatic carbocycles. The van der Waals surface area contributed by atoms with Crippen LogP contribution in [0.4, 0.5) is 0 Å². The zero-order valence-corrected chi connectivity index (χ0v) is 14.0. The Bertz CT molecular complexity index is 676. The molecule has 0 aliphatic heterocycles. The molecule has 1 amide bonds. The quantitative estimate of drug-likeness (QED) is 0.816. The summed E-state index contributed by atoms with van der Waals surface area (Å²) < 4.78 is 5.93. The molecule has 3 N–H and O–H groups in total. The largest absolute Gasteiger partial charge is 0.489 e. The van der Waals surface area contributed by atoms with Crippen LogP contribution in [0.3, 0.4) is 0 Å². The SMILES string of the molecule is CC(NC(C)c1ccccc1OCc1cccc(Cl)c1)C(N)=O. The van der Waals surface area contributed by atoms with Gasteiger partial charge in [-0.2, -0.15) is 0 Å². The molecule has 2 unspecified atom stereocenters. The van der Waals surface area contributed by atoms with Crippen molar-refractivity contribution in [3.05, 3.63) is 64.7 Å². The van der Waals surface area contributed by atoms with Crippen LogP contribution in [0.5, 0.6) is 5.75 Å². The Morgan fingerprint density at radius 2 is 1.96 bits per heavy atom. The van der Waals surface area contributed by atoms with Crippen LogP contribution >= 0.6 is 11.6 Å². The lowest BCUT2D eigenvalue weighted by atomic mass is 10.1. The number of rotatable bonds is 7. The van der Waals surface area contributed by atoms with Crippen molar-refractivity contribution < 1.29 is 9.53 Å². The number of nitrogens with two attached hydrogens (primary N) is 1. The highest BCUT2D eigenvalue weighted by molar-refractivity contribution is 6.30. The predicted molar refractivity (Wildman–Crippen MR) is 92.4 cm³/mol. The highest BCUT2D eigenvalue weighted by Crippen LogP contribution is 2.26. The van der Waals surface area contributed by atoms with E-state index < -0.39 is 6.04 Å². The van der Waals surface area contributed by atoms with Crippen molar-refractivity contribution in [2.24, 2.45) is 5.73 Å². The smallest absolute Gasteiger partial charge is 0.234 e. The number of carbonyl (C=O) groups excluding carboxylic acids is 1. The van der Waals surface area contributed by atoms with E-state index in [-0.39, 0.29) is 11.9 Å². The van der Waals surface area contributed by atoms with Gasteiger partial charge in [-0.3, -0.25) is 10.1 Å². The first-order valence-corrected chi connectivity index (χ1v) is 7.86. The van der Waals surface area contributed by atoms with Gasteiger partial charge >= 0.3 is 0 Å². The summed E-state index contributed by atoms with van der Waals surface area (Å²) in [6.07, 6.45) is 0. The Labute approximate surface area is 141 Å². The summed E-state index contributed by atoms with van der Waals surface area (Å²) in [5.41, 5.74) is 7.28. The molecule has 2 aromatic rings. The first kappa shape index (κ1) is 17.3. The third-order valence-corrected chi connectivity index (χ3v) is 3.83. The average molecular weight is 333 g/mol. The van der Waals surface area contributed by atoms with Gasteiger partial charge in [0.2, 0.25) is 5.91 Å². The van der Waals surface area contributed by atoms with E-state index in [2.05, 4.69) is 5.32 Å². The molecule has 2 aromatic carbocycles. The summed E-state index contributed by atoms with van der Waals surface area (Å²) in [4.78, 5) is 11.2. The molecule has 0 bridgehead atoms. The minimum atomic E-state index is -0.411. The molecular formula is C18H21ClN2O2. The molecule has 5 heteroatoms. The summed E-state index contributed by atoms with van der Waals surface area (Å²) >= 11 is 5.99. The fourth-order valence-corrected chi connectivity index (χ4v) is 2.52. The van der Waals surface area contributed by atoms with Crippen molar-refractivity contribution in [1.82, 2.24) is 5.32 Å². The first-order chi connectivity index (χ1) is 11.0. The number of hydrogen-bond donors (Lipinski definition) is 2. The van der Waals surface area contributed by atoms with Crippen molar-refractivity contribution in [3.63, 3.8) is 0 Å². The van der Waals surface area contributed by atoms with Crippen LogP contribution in [-0.4, -0.2) is 11.9 Å². The van der Waals surface area contributed by atoms with Crippen LogP contribution in [0.15, 0.2) is 48.5 Å². The molecule has 0 aliphatic rings. The van der Waals surface area contributed by atoms with Gasteiger partial charge in [0, 0.05) is 16.6 Å². The molecule has 0 saturated heterocycles. The van der Waals surface area contributed by atoms with Gasteiger partial charge in [0.25, 0.3) is 0 Å². The van der Waals surface area contributed by atoms with E-state index in [1.54, 1.807) is 6.92 Å². The highest BCUT2D eigenvalue weighted by atomic mass is 35.5. The van der Waals surface area contributed by atoms with Crippen LogP contribution in [-0.2, 0) is 11.4 Å². The molecule has 0 radical (unpaired) electrons. The molecule has 0 saturated carbocycles. The molecule has 4 nitrogen and oxygen atoms in total. The molecule has 23 heavy (non-hydrogen) atoms. The van der Waals surface area contributed by atoms with Crippen molar-refractivity contribution >= 4 is 17.5 Å². The normalized spacial score (nSPS) is 13.3. The summed E-state index contributed by atoms with van der Waals surface area (Å²) in [6.45, 7) is 4.14. The van der Waals surface area contributed by atoms with Crippen LogP contribution in [0.2, 0.25) is 5.02 Å². The lowest BCUT2D eigenvalue weighted by molar-refractivity contribution is -0.119. The average Bonchev–Trinajstić information content (AvgIpc) is 2.53. The number of para-hydroxylation sites is 1. The van der Waals surface area contributed by atoms with E-state index in [9.17, 15) is 4.79 Å². The van der Waals surface area contributed by atoms with Gasteiger partial charge in [-0.05, 0) is 37.6 Å². The van der Waals surface area contributed by atoms with Crippen molar-refractivity contribution in [1.29, 1.82) is 0 Å². The Balaban J connectivity index is 2.09. The van der Waals surface area contributed by atoms with Crippen LogP contribution in [0.25, 0.3) is 0 Å². The number of halogens is 1.